The van der Waals surface area contributed by atoms with Crippen LogP contribution >= 0.6 is 12.2 Å². The van der Waals surface area contributed by atoms with E-state index < -0.39 is 0 Å². The second-order valence-electron chi connectivity index (χ2n) is 3.61. The molecule has 3 nitrogen and oxygen atoms in total. The predicted octanol–water partition coefficient (Wildman–Crippen LogP) is 2.18. The van der Waals surface area contributed by atoms with Gasteiger partial charge in [0.2, 0.25) is 5.91 Å². The number of benzene rings is 1. The maximum absolute atomic E-state index is 9.98. The molecule has 1 rings (SSSR count). The van der Waals surface area contributed by atoms with Gasteiger partial charge in [0, 0.05) is 6.92 Å². The van der Waals surface area contributed by atoms with Gasteiger partial charge in [-0.3, -0.25) is 4.79 Å². The van der Waals surface area contributed by atoms with E-state index in [2.05, 4.69) is 55.6 Å². The van der Waals surface area contributed by atoms with E-state index in [1.807, 2.05) is 6.07 Å². The summed E-state index contributed by atoms with van der Waals surface area (Å²) in [7, 11) is 0. The maximum Gasteiger partial charge on any atom is 0.222 e. The van der Waals surface area contributed by atoms with Crippen LogP contribution in [-0.4, -0.2) is 11.0 Å². The molecular formula is C12H18N2OS. The molecule has 0 aliphatic heterocycles. The molecule has 0 aliphatic carbocycles. The van der Waals surface area contributed by atoms with E-state index in [-0.39, 0.29) is 11.0 Å². The summed E-state index contributed by atoms with van der Waals surface area (Å²) >= 11 is 4.32. The Morgan fingerprint density at radius 2 is 1.81 bits per heavy atom. The molecule has 1 aromatic rings. The Morgan fingerprint density at radius 1 is 1.31 bits per heavy atom. The smallest absolute Gasteiger partial charge is 0.222 e. The van der Waals surface area contributed by atoms with Crippen LogP contribution in [0.4, 0.5) is 0 Å². The van der Waals surface area contributed by atoms with Crippen molar-refractivity contribution < 1.29 is 4.79 Å². The highest BCUT2D eigenvalue weighted by Gasteiger charge is 1.93. The van der Waals surface area contributed by atoms with Gasteiger partial charge in [-0.25, -0.2) is 0 Å². The maximum atomic E-state index is 9.98. The Hall–Kier alpha value is -1.42. The Morgan fingerprint density at radius 3 is 2.00 bits per heavy atom. The van der Waals surface area contributed by atoms with Crippen LogP contribution in [-0.2, 0) is 4.79 Å². The summed E-state index contributed by atoms with van der Waals surface area (Å²) < 4.78 is 0. The van der Waals surface area contributed by atoms with Crippen LogP contribution in [0.3, 0.4) is 0 Å². The number of hydrogen-bond acceptors (Lipinski definition) is 2. The van der Waals surface area contributed by atoms with Gasteiger partial charge < -0.3 is 11.1 Å². The van der Waals surface area contributed by atoms with E-state index in [0.717, 1.165) is 0 Å². The van der Waals surface area contributed by atoms with Crippen LogP contribution in [0.2, 0.25) is 0 Å². The van der Waals surface area contributed by atoms with Crippen molar-refractivity contribution in [1.29, 1.82) is 0 Å². The molecular weight excluding hydrogens is 220 g/mol. The SMILES string of the molecule is CC(=O)NC(N)=S.CC(C)c1ccccc1. The molecule has 0 radical (unpaired) electrons. The molecule has 0 saturated heterocycles. The number of carbonyl (C=O) groups excluding carboxylic acids is 1. The Kier molecular flexibility index (Phi) is 7.12. The van der Waals surface area contributed by atoms with Crippen LogP contribution in [0.25, 0.3) is 0 Å². The molecule has 0 aromatic heterocycles. The number of carbonyl (C=O) groups is 1. The number of rotatable bonds is 1. The quantitative estimate of drug-likeness (QED) is 0.737. The first-order chi connectivity index (χ1) is 7.43. The van der Waals surface area contributed by atoms with Crippen molar-refractivity contribution in [2.75, 3.05) is 0 Å². The van der Waals surface area contributed by atoms with Crippen molar-refractivity contribution in [2.24, 2.45) is 5.73 Å². The van der Waals surface area contributed by atoms with Gasteiger partial charge in [0.15, 0.2) is 5.11 Å². The molecule has 0 atom stereocenters. The number of nitrogens with one attached hydrogen (secondary N) is 1. The Labute approximate surface area is 102 Å². The molecule has 0 bridgehead atoms. The summed E-state index contributed by atoms with van der Waals surface area (Å²) in [4.78, 5) is 9.98. The van der Waals surface area contributed by atoms with Crippen LogP contribution in [0, 0.1) is 0 Å². The third-order valence-electron chi connectivity index (χ3n) is 1.77. The molecule has 0 saturated carbocycles. The molecule has 16 heavy (non-hydrogen) atoms. The number of hydrogen-bond donors (Lipinski definition) is 2. The third kappa shape index (κ3) is 7.94. The fraction of sp³-hybridized carbons (Fsp3) is 0.333. The monoisotopic (exact) mass is 238 g/mol. The third-order valence-corrected chi connectivity index (χ3v) is 1.87. The Balaban J connectivity index is 0.000000293. The van der Waals surface area contributed by atoms with Crippen molar-refractivity contribution in [2.45, 2.75) is 26.7 Å². The van der Waals surface area contributed by atoms with Gasteiger partial charge in [-0.05, 0) is 23.7 Å². The molecule has 0 fully saturated rings. The van der Waals surface area contributed by atoms with Crippen LogP contribution in [0.5, 0.6) is 0 Å². The van der Waals surface area contributed by atoms with E-state index in [1.165, 1.54) is 12.5 Å². The lowest BCUT2D eigenvalue weighted by Gasteiger charge is -2.01. The summed E-state index contributed by atoms with van der Waals surface area (Å²) in [5, 5.41) is 2.20. The summed E-state index contributed by atoms with van der Waals surface area (Å²) in [6.45, 7) is 5.75. The lowest BCUT2D eigenvalue weighted by molar-refractivity contribution is -0.117. The number of amides is 1. The van der Waals surface area contributed by atoms with Crippen molar-refractivity contribution in [3.8, 4) is 0 Å². The molecule has 0 unspecified atom stereocenters. The first kappa shape index (κ1) is 14.6. The van der Waals surface area contributed by atoms with Crippen molar-refractivity contribution in [3.05, 3.63) is 35.9 Å². The second kappa shape index (κ2) is 7.82. The van der Waals surface area contributed by atoms with Gasteiger partial charge in [0.1, 0.15) is 0 Å². The van der Waals surface area contributed by atoms with E-state index in [1.54, 1.807) is 0 Å². The van der Waals surface area contributed by atoms with Crippen LogP contribution in [0.15, 0.2) is 30.3 Å². The van der Waals surface area contributed by atoms with Gasteiger partial charge in [0.25, 0.3) is 0 Å². The second-order valence-corrected chi connectivity index (χ2v) is 4.05. The number of thiocarbonyl (C=S) groups is 1. The van der Waals surface area contributed by atoms with Gasteiger partial charge in [-0.15, -0.1) is 0 Å². The predicted molar refractivity (Wildman–Crippen MR) is 71.1 cm³/mol. The highest BCUT2D eigenvalue weighted by atomic mass is 32.1. The molecule has 0 spiro atoms. The van der Waals surface area contributed by atoms with Crippen molar-refractivity contribution in [1.82, 2.24) is 5.32 Å². The zero-order valence-corrected chi connectivity index (χ0v) is 10.7. The lowest BCUT2D eigenvalue weighted by atomic mass is 10.0. The highest BCUT2D eigenvalue weighted by Crippen LogP contribution is 2.11. The minimum atomic E-state index is -0.229. The van der Waals surface area contributed by atoms with Gasteiger partial charge in [-0.1, -0.05) is 44.2 Å². The lowest BCUT2D eigenvalue weighted by Crippen LogP contribution is -2.32. The molecule has 1 amide bonds. The van der Waals surface area contributed by atoms with Gasteiger partial charge >= 0.3 is 0 Å². The van der Waals surface area contributed by atoms with E-state index >= 15 is 0 Å². The Bertz CT molecular complexity index is 324. The summed E-state index contributed by atoms with van der Waals surface area (Å²) in [6.07, 6.45) is 0. The molecule has 1 aromatic carbocycles. The molecule has 3 N–H and O–H groups in total. The molecule has 0 heterocycles. The topological polar surface area (TPSA) is 55.1 Å². The highest BCUT2D eigenvalue weighted by molar-refractivity contribution is 7.80. The van der Waals surface area contributed by atoms with Gasteiger partial charge in [0.05, 0.1) is 0 Å². The van der Waals surface area contributed by atoms with E-state index in [4.69, 9.17) is 5.73 Å². The zero-order valence-electron chi connectivity index (χ0n) is 9.86. The fourth-order valence-corrected chi connectivity index (χ4v) is 1.16. The first-order valence-electron chi connectivity index (χ1n) is 5.05. The minimum absolute atomic E-state index is 0.0208. The van der Waals surface area contributed by atoms with Crippen LogP contribution in [0.1, 0.15) is 32.3 Å². The van der Waals surface area contributed by atoms with Gasteiger partial charge in [-0.2, -0.15) is 0 Å². The summed E-state index contributed by atoms with van der Waals surface area (Å²) in [5.41, 5.74) is 6.31. The summed E-state index contributed by atoms with van der Waals surface area (Å²) in [5.74, 6) is 0.429. The number of nitrogens with two attached hydrogens (primary N) is 1. The molecule has 88 valence electrons. The normalized spacial score (nSPS) is 9.00. The summed E-state index contributed by atoms with van der Waals surface area (Å²) in [6, 6.07) is 10.5. The largest absolute Gasteiger partial charge is 0.376 e. The van der Waals surface area contributed by atoms with Crippen LogP contribution < -0.4 is 11.1 Å². The average molecular weight is 238 g/mol. The fourth-order valence-electron chi connectivity index (χ4n) is 1.01. The standard InChI is InChI=1S/C9H12.C3H6N2OS/c1-8(2)9-6-4-3-5-7-9;1-2(6)5-3(4)7/h3-8H,1-2H3;1H3,(H3,4,5,6,7). The first-order valence-corrected chi connectivity index (χ1v) is 5.46. The van der Waals surface area contributed by atoms with E-state index in [0.29, 0.717) is 5.92 Å². The zero-order chi connectivity index (χ0) is 12.6. The van der Waals surface area contributed by atoms with Crippen molar-refractivity contribution >= 4 is 23.2 Å². The minimum Gasteiger partial charge on any atom is -0.376 e. The van der Waals surface area contributed by atoms with Crippen molar-refractivity contribution in [3.63, 3.8) is 0 Å². The average Bonchev–Trinajstić information content (AvgIpc) is 2.17. The molecule has 0 aliphatic rings. The van der Waals surface area contributed by atoms with E-state index in [9.17, 15) is 4.79 Å². The molecule has 4 heteroatoms.